The Morgan fingerprint density at radius 2 is 0.981 bits per heavy atom. The largest absolute Gasteiger partial charge is 0.472 e. The van der Waals surface area contributed by atoms with Crippen LogP contribution >= 0.6 is 7.82 Å². The number of hydrogen-bond acceptors (Lipinski definition) is 9. The van der Waals surface area contributed by atoms with E-state index in [1.807, 2.05) is 0 Å². The van der Waals surface area contributed by atoms with Gasteiger partial charge in [0.2, 0.25) is 0 Å². The molecule has 0 fully saturated rings. The molecule has 0 radical (unpaired) electrons. The Morgan fingerprint density at radius 1 is 0.566 bits per heavy atom. The van der Waals surface area contributed by atoms with Gasteiger partial charge in [-0.2, -0.15) is 0 Å². The lowest BCUT2D eigenvalue weighted by atomic mass is 10.1. The first kappa shape index (κ1) is 50.9. The smallest absolute Gasteiger partial charge is 0.462 e. The molecule has 0 aliphatic rings. The first-order chi connectivity index (χ1) is 25.7. The summed E-state index contributed by atoms with van der Waals surface area (Å²) in [5.41, 5.74) is 0. The predicted molar refractivity (Wildman–Crippen MR) is 214 cm³/mol. The highest BCUT2D eigenvalue weighted by Gasteiger charge is 2.27. The van der Waals surface area contributed by atoms with Crippen molar-refractivity contribution in [3.63, 3.8) is 0 Å². The molecule has 0 heterocycles. The minimum atomic E-state index is -4.62. The first-order valence-corrected chi connectivity index (χ1v) is 22.1. The molecular weight excluding hydrogens is 695 g/mol. The summed E-state index contributed by atoms with van der Waals surface area (Å²) in [5.74, 6) is -0.972. The van der Waals surface area contributed by atoms with Gasteiger partial charge in [0.1, 0.15) is 12.7 Å². The molecule has 0 saturated carbocycles. The number of rotatable bonds is 38. The number of phosphoric acid groups is 1. The summed E-state index contributed by atoms with van der Waals surface area (Å²) in [6, 6.07) is 0. The third-order valence-corrected chi connectivity index (χ3v) is 9.41. The van der Waals surface area contributed by atoms with Crippen molar-refractivity contribution in [2.75, 3.05) is 26.4 Å². The number of esters is 2. The molecule has 0 aliphatic heterocycles. The second-order valence-electron chi connectivity index (χ2n) is 13.7. The van der Waals surface area contributed by atoms with Gasteiger partial charge in [-0.15, -0.1) is 0 Å². The van der Waals surface area contributed by atoms with Crippen LogP contribution in [0.15, 0.2) is 48.6 Å². The van der Waals surface area contributed by atoms with Crippen molar-refractivity contribution in [2.24, 2.45) is 0 Å². The van der Waals surface area contributed by atoms with Gasteiger partial charge in [-0.05, 0) is 77.0 Å². The van der Waals surface area contributed by atoms with E-state index in [0.717, 1.165) is 64.2 Å². The quantitative estimate of drug-likeness (QED) is 0.0240. The molecule has 0 aromatic heterocycles. The molecule has 308 valence electrons. The number of hydrogen-bond donors (Lipinski definition) is 3. The molecule has 0 aliphatic carbocycles. The highest BCUT2D eigenvalue weighted by molar-refractivity contribution is 7.47. The average molecular weight is 771 g/mol. The summed E-state index contributed by atoms with van der Waals surface area (Å²) in [6.07, 6.45) is 39.3. The van der Waals surface area contributed by atoms with E-state index in [2.05, 4.69) is 67.0 Å². The van der Waals surface area contributed by atoms with Crippen LogP contribution in [-0.4, -0.2) is 65.7 Å². The number of ether oxygens (including phenoxy) is 2. The van der Waals surface area contributed by atoms with Crippen molar-refractivity contribution in [1.82, 2.24) is 0 Å². The van der Waals surface area contributed by atoms with Crippen LogP contribution in [-0.2, 0) is 32.7 Å². The topological polar surface area (TPSA) is 149 Å². The Labute approximate surface area is 322 Å². The molecular formula is C42H75O10P. The lowest BCUT2D eigenvalue weighted by Crippen LogP contribution is -2.29. The van der Waals surface area contributed by atoms with Crippen LogP contribution in [0.5, 0.6) is 0 Å². The van der Waals surface area contributed by atoms with Crippen molar-refractivity contribution in [3.05, 3.63) is 48.6 Å². The molecule has 53 heavy (non-hydrogen) atoms. The maximum absolute atomic E-state index is 12.6. The highest BCUT2D eigenvalue weighted by Crippen LogP contribution is 2.43. The van der Waals surface area contributed by atoms with Crippen molar-refractivity contribution < 1.29 is 47.8 Å². The standard InChI is InChI=1S/C42H75O10P/c1-3-5-7-9-11-13-15-17-18-19-20-22-23-25-27-29-31-33-41(45)49-37-40(38-51-53(47,48)50-36-39(44)35-43)52-42(46)34-32-30-28-26-24-21-16-14-12-10-8-6-4-2/h11,13,17-18,20-22,24,39-40,43-44H,3-10,12,14-16,19,23,25-38H2,1-2H3,(H,47,48)/b13-11+,18-17+,22-20+,24-21+/t39-,40+/m0/s1. The SMILES string of the molecule is CCCCC/C=C/C/C=C/C/C=C/CCCCCCC(=O)OC[C@H](COP(=O)(O)OC[C@@H](O)CO)OC(=O)CCCCC/C=C/CCCCCCCC. The average Bonchev–Trinajstić information content (AvgIpc) is 3.14. The molecule has 10 nitrogen and oxygen atoms in total. The van der Waals surface area contributed by atoms with Gasteiger partial charge in [-0.3, -0.25) is 18.6 Å². The van der Waals surface area contributed by atoms with Gasteiger partial charge >= 0.3 is 19.8 Å². The van der Waals surface area contributed by atoms with Gasteiger partial charge in [0.15, 0.2) is 6.10 Å². The first-order valence-electron chi connectivity index (χ1n) is 20.6. The zero-order chi connectivity index (χ0) is 39.1. The Balaban J connectivity index is 4.39. The summed E-state index contributed by atoms with van der Waals surface area (Å²) >= 11 is 0. The Bertz CT molecular complexity index is 1030. The fourth-order valence-electron chi connectivity index (χ4n) is 5.23. The summed E-state index contributed by atoms with van der Waals surface area (Å²) < 4.78 is 32.6. The van der Waals surface area contributed by atoms with Crippen LogP contribution in [0.25, 0.3) is 0 Å². The van der Waals surface area contributed by atoms with Gasteiger partial charge in [0, 0.05) is 12.8 Å². The van der Waals surface area contributed by atoms with Gasteiger partial charge in [-0.1, -0.05) is 127 Å². The minimum Gasteiger partial charge on any atom is -0.462 e. The van der Waals surface area contributed by atoms with Crippen molar-refractivity contribution in [1.29, 1.82) is 0 Å². The number of phosphoric ester groups is 1. The Morgan fingerprint density at radius 3 is 1.55 bits per heavy atom. The molecule has 0 amide bonds. The number of carbonyl (C=O) groups is 2. The van der Waals surface area contributed by atoms with Crippen molar-refractivity contribution >= 4 is 19.8 Å². The lowest BCUT2D eigenvalue weighted by Gasteiger charge is -2.20. The molecule has 3 atom stereocenters. The summed E-state index contributed by atoms with van der Waals surface area (Å²) in [5, 5.41) is 18.3. The predicted octanol–water partition coefficient (Wildman–Crippen LogP) is 10.6. The number of allylic oxidation sites excluding steroid dienone is 8. The molecule has 0 aromatic rings. The third-order valence-electron chi connectivity index (χ3n) is 8.46. The number of aliphatic hydroxyl groups excluding tert-OH is 2. The molecule has 0 bridgehead atoms. The zero-order valence-corrected chi connectivity index (χ0v) is 34.1. The van der Waals surface area contributed by atoms with Crippen LogP contribution in [0.4, 0.5) is 0 Å². The van der Waals surface area contributed by atoms with Crippen molar-refractivity contribution in [2.45, 2.75) is 180 Å². The molecule has 3 N–H and O–H groups in total. The number of carbonyl (C=O) groups excluding carboxylic acids is 2. The highest BCUT2D eigenvalue weighted by atomic mass is 31.2. The summed E-state index contributed by atoms with van der Waals surface area (Å²) in [7, 11) is -4.62. The fourth-order valence-corrected chi connectivity index (χ4v) is 6.02. The molecule has 0 rings (SSSR count). The molecule has 0 saturated heterocycles. The maximum Gasteiger partial charge on any atom is 0.472 e. The summed E-state index contributed by atoms with van der Waals surface area (Å²) in [6.45, 7) is 2.29. The van der Waals surface area contributed by atoms with Gasteiger partial charge in [0.25, 0.3) is 0 Å². The van der Waals surface area contributed by atoms with Gasteiger partial charge in [-0.25, -0.2) is 4.57 Å². The van der Waals surface area contributed by atoms with E-state index >= 15 is 0 Å². The van der Waals surface area contributed by atoms with E-state index < -0.39 is 51.8 Å². The molecule has 0 spiro atoms. The normalized spacial score (nSPS) is 14.4. The van der Waals surface area contributed by atoms with Gasteiger partial charge in [0.05, 0.1) is 19.8 Å². The van der Waals surface area contributed by atoms with E-state index in [-0.39, 0.29) is 19.4 Å². The second-order valence-corrected chi connectivity index (χ2v) is 15.1. The fraction of sp³-hybridized carbons (Fsp3) is 0.762. The maximum atomic E-state index is 12.6. The molecule has 1 unspecified atom stereocenters. The molecule has 11 heteroatoms. The van der Waals surface area contributed by atoms with Crippen molar-refractivity contribution in [3.8, 4) is 0 Å². The van der Waals surface area contributed by atoms with Crippen LogP contribution in [0.2, 0.25) is 0 Å². The van der Waals surface area contributed by atoms with E-state index in [1.54, 1.807) is 0 Å². The van der Waals surface area contributed by atoms with E-state index in [1.165, 1.54) is 64.2 Å². The van der Waals surface area contributed by atoms with Crippen LogP contribution < -0.4 is 0 Å². The number of aliphatic hydroxyl groups is 2. The second kappa shape index (κ2) is 38.2. The van der Waals surface area contributed by atoms with Crippen LogP contribution in [0.1, 0.15) is 168 Å². The monoisotopic (exact) mass is 771 g/mol. The minimum absolute atomic E-state index is 0.157. The van der Waals surface area contributed by atoms with E-state index in [4.69, 9.17) is 19.1 Å². The Kier molecular flexibility index (Phi) is 36.7. The molecule has 0 aromatic carbocycles. The zero-order valence-electron chi connectivity index (χ0n) is 33.2. The van der Waals surface area contributed by atoms with Gasteiger partial charge < -0.3 is 24.6 Å². The van der Waals surface area contributed by atoms with Crippen LogP contribution in [0.3, 0.4) is 0 Å². The van der Waals surface area contributed by atoms with E-state index in [0.29, 0.717) is 12.8 Å². The van der Waals surface area contributed by atoms with Crippen LogP contribution in [0, 0.1) is 0 Å². The Hall–Kier alpha value is -2.07. The lowest BCUT2D eigenvalue weighted by molar-refractivity contribution is -0.161. The third kappa shape index (κ3) is 38.0. The number of unbranched alkanes of at least 4 members (excludes halogenated alkanes) is 16. The van der Waals surface area contributed by atoms with E-state index in [9.17, 15) is 24.2 Å². The summed E-state index contributed by atoms with van der Waals surface area (Å²) in [4.78, 5) is 34.9.